The van der Waals surface area contributed by atoms with Gasteiger partial charge in [0.15, 0.2) is 0 Å². The molecule has 0 unspecified atom stereocenters. The van der Waals surface area contributed by atoms with E-state index in [1.807, 2.05) is 30.3 Å². The third-order valence-corrected chi connectivity index (χ3v) is 5.72. The lowest BCUT2D eigenvalue weighted by Crippen LogP contribution is -2.57. The van der Waals surface area contributed by atoms with Crippen LogP contribution in [-0.4, -0.2) is 74.9 Å². The van der Waals surface area contributed by atoms with E-state index in [4.69, 9.17) is 9.29 Å². The van der Waals surface area contributed by atoms with E-state index < -0.39 is 46.9 Å². The first-order chi connectivity index (χ1) is 13.7. The number of thioether (sulfide) groups is 1. The molecule has 0 aromatic heterocycles. The Morgan fingerprint density at radius 3 is 2.41 bits per heavy atom. The highest BCUT2D eigenvalue weighted by Crippen LogP contribution is 2.30. The summed E-state index contributed by atoms with van der Waals surface area (Å²) in [5.41, 5.74) is 0.00480. The number of unbranched alkanes of at least 4 members (excludes halogenated alkanes) is 1. The molecule has 0 spiro atoms. The topological polar surface area (TPSA) is 166 Å². The molecule has 1 aromatic carbocycles. The quantitative estimate of drug-likeness (QED) is 0.114. The minimum absolute atomic E-state index is 0.0972. The molecular formula is C17H25NO9S2. The van der Waals surface area contributed by atoms with Gasteiger partial charge in [0.05, 0.1) is 6.61 Å². The molecule has 29 heavy (non-hydrogen) atoms. The van der Waals surface area contributed by atoms with Crippen molar-refractivity contribution in [2.24, 2.45) is 5.16 Å². The maximum absolute atomic E-state index is 10.8. The fraction of sp³-hybridized carbons (Fsp3) is 0.588. The number of benzene rings is 1. The van der Waals surface area contributed by atoms with Crippen molar-refractivity contribution in [2.45, 2.75) is 55.5 Å². The molecule has 12 heteroatoms. The summed E-state index contributed by atoms with van der Waals surface area (Å²) in [5, 5.41) is 42.6. The monoisotopic (exact) mass is 451 g/mol. The van der Waals surface area contributed by atoms with Gasteiger partial charge in [0.1, 0.15) is 34.9 Å². The molecule has 0 saturated carbocycles. The predicted molar refractivity (Wildman–Crippen MR) is 105 cm³/mol. The Balaban J connectivity index is 1.99. The minimum atomic E-state index is -4.82. The lowest BCUT2D eigenvalue weighted by molar-refractivity contribution is -0.205. The first-order valence-electron chi connectivity index (χ1n) is 8.95. The van der Waals surface area contributed by atoms with Gasteiger partial charge in [-0.1, -0.05) is 47.2 Å². The van der Waals surface area contributed by atoms with Gasteiger partial charge in [0.25, 0.3) is 0 Å². The summed E-state index contributed by atoms with van der Waals surface area (Å²) in [6.45, 7) is -0.590. The lowest BCUT2D eigenvalue weighted by Gasteiger charge is -2.39. The molecule has 5 N–H and O–H groups in total. The summed E-state index contributed by atoms with van der Waals surface area (Å²) in [7, 11) is -4.82. The highest BCUT2D eigenvalue weighted by Gasteiger charge is 2.44. The summed E-state index contributed by atoms with van der Waals surface area (Å²) >= 11 is 0.781. The normalized spacial score (nSPS) is 28.3. The van der Waals surface area contributed by atoms with Gasteiger partial charge in [-0.2, -0.15) is 8.42 Å². The van der Waals surface area contributed by atoms with Gasteiger partial charge >= 0.3 is 10.4 Å². The molecule has 0 bridgehead atoms. The molecule has 2 rings (SSSR count). The Hall–Kier alpha value is -1.25. The largest absolute Gasteiger partial charge is 0.466 e. The van der Waals surface area contributed by atoms with Crippen LogP contribution >= 0.6 is 11.8 Å². The fourth-order valence-corrected chi connectivity index (χ4v) is 4.10. The third-order valence-electron chi connectivity index (χ3n) is 4.28. The Morgan fingerprint density at radius 2 is 1.79 bits per heavy atom. The number of oxime groups is 1. The maximum atomic E-state index is 10.8. The van der Waals surface area contributed by atoms with Gasteiger partial charge < -0.3 is 25.2 Å². The van der Waals surface area contributed by atoms with Crippen LogP contribution in [0, 0.1) is 0 Å². The van der Waals surface area contributed by atoms with Crippen molar-refractivity contribution in [3.63, 3.8) is 0 Å². The van der Waals surface area contributed by atoms with Crippen LogP contribution in [-0.2, 0) is 25.8 Å². The molecule has 1 saturated heterocycles. The zero-order valence-corrected chi connectivity index (χ0v) is 17.1. The summed E-state index contributed by atoms with van der Waals surface area (Å²) in [6.07, 6.45) is -3.31. The first-order valence-corrected chi connectivity index (χ1v) is 11.2. The summed E-state index contributed by atoms with van der Waals surface area (Å²) in [6, 6.07) is 9.74. The second-order valence-electron chi connectivity index (χ2n) is 6.50. The van der Waals surface area contributed by atoms with Crippen molar-refractivity contribution in [1.29, 1.82) is 0 Å². The molecule has 10 nitrogen and oxygen atoms in total. The average Bonchev–Trinajstić information content (AvgIpc) is 2.69. The first kappa shape index (κ1) is 24.0. The number of hydrogen-bond acceptors (Lipinski definition) is 10. The molecule has 164 valence electrons. The molecular weight excluding hydrogens is 426 g/mol. The van der Waals surface area contributed by atoms with Gasteiger partial charge in [-0.3, -0.25) is 4.55 Å². The van der Waals surface area contributed by atoms with E-state index in [1.165, 1.54) is 0 Å². The molecule has 1 heterocycles. The average molecular weight is 452 g/mol. The van der Waals surface area contributed by atoms with Crippen molar-refractivity contribution in [2.75, 3.05) is 6.61 Å². The van der Waals surface area contributed by atoms with Gasteiger partial charge in [-0.05, 0) is 31.2 Å². The van der Waals surface area contributed by atoms with Gasteiger partial charge in [-0.15, -0.1) is 0 Å². The van der Waals surface area contributed by atoms with Crippen LogP contribution in [0.15, 0.2) is 35.5 Å². The number of aryl methyl sites for hydroxylation is 1. The van der Waals surface area contributed by atoms with Crippen LogP contribution in [0.3, 0.4) is 0 Å². The van der Waals surface area contributed by atoms with E-state index in [-0.39, 0.29) is 11.5 Å². The maximum Gasteiger partial charge on any atom is 0.466 e. The van der Waals surface area contributed by atoms with E-state index in [0.29, 0.717) is 6.42 Å². The van der Waals surface area contributed by atoms with Crippen molar-refractivity contribution in [3.05, 3.63) is 35.9 Å². The molecule has 1 aliphatic heterocycles. The Morgan fingerprint density at radius 1 is 1.10 bits per heavy atom. The summed E-state index contributed by atoms with van der Waals surface area (Å²) < 4.78 is 39.9. The zero-order valence-electron chi connectivity index (χ0n) is 15.4. The van der Waals surface area contributed by atoms with Gasteiger partial charge in [-0.25, -0.2) is 4.28 Å². The Labute approximate surface area is 173 Å². The smallest absolute Gasteiger partial charge is 0.394 e. The number of nitrogens with zero attached hydrogens (tertiary/aromatic N) is 1. The molecule has 1 aromatic rings. The van der Waals surface area contributed by atoms with Crippen LogP contribution in [0.1, 0.15) is 24.8 Å². The Kier molecular flexibility index (Phi) is 9.30. The number of aliphatic hydroxyl groups excluding tert-OH is 4. The van der Waals surface area contributed by atoms with Crippen LogP contribution in [0.25, 0.3) is 0 Å². The SMILES string of the molecule is O=S(=O)(O)ON=C(CCCCc1ccccc1)S[C@@H]1O[C@@H](CO)[C@@H](O)[C@@H](O)[C@@H]1O. The van der Waals surface area contributed by atoms with Crippen LogP contribution in [0.5, 0.6) is 0 Å². The number of hydrogen-bond donors (Lipinski definition) is 5. The van der Waals surface area contributed by atoms with Crippen LogP contribution in [0.2, 0.25) is 0 Å². The Bertz CT molecular complexity index is 757. The fourth-order valence-electron chi connectivity index (χ4n) is 2.76. The highest BCUT2D eigenvalue weighted by atomic mass is 32.3. The zero-order chi connectivity index (χ0) is 21.4. The molecule has 5 atom stereocenters. The molecule has 0 radical (unpaired) electrons. The molecule has 0 aliphatic carbocycles. The molecule has 1 fully saturated rings. The van der Waals surface area contributed by atoms with Crippen LogP contribution < -0.4 is 0 Å². The van der Waals surface area contributed by atoms with E-state index in [2.05, 4.69) is 9.44 Å². The standard InChI is InChI=1S/C17H25NO9S2/c19-10-12-14(20)15(21)16(22)17(26-12)28-13(18-27-29(23,24)25)9-5-4-8-11-6-2-1-3-7-11/h1-3,6-7,12,14-17,19-22H,4-5,8-10H2,(H,23,24,25)/t12-,14+,15+,16-,17-/m0/s1. The van der Waals surface area contributed by atoms with Crippen molar-refractivity contribution >= 4 is 27.2 Å². The van der Waals surface area contributed by atoms with Crippen molar-refractivity contribution in [1.82, 2.24) is 0 Å². The molecule has 1 aliphatic rings. The number of aliphatic hydroxyl groups is 4. The van der Waals surface area contributed by atoms with E-state index in [9.17, 15) is 28.8 Å². The van der Waals surface area contributed by atoms with E-state index in [0.717, 1.165) is 30.2 Å². The van der Waals surface area contributed by atoms with Crippen LogP contribution in [0.4, 0.5) is 0 Å². The lowest BCUT2D eigenvalue weighted by atomic mass is 10.0. The third kappa shape index (κ3) is 7.83. The number of ether oxygens (including phenoxy) is 1. The van der Waals surface area contributed by atoms with Gasteiger partial charge in [0.2, 0.25) is 0 Å². The summed E-state index contributed by atoms with van der Waals surface area (Å²) in [4.78, 5) is 0. The summed E-state index contributed by atoms with van der Waals surface area (Å²) in [5.74, 6) is 0. The second kappa shape index (κ2) is 11.2. The van der Waals surface area contributed by atoms with Gasteiger partial charge in [0, 0.05) is 0 Å². The van der Waals surface area contributed by atoms with E-state index >= 15 is 0 Å². The molecule has 0 amide bonds. The van der Waals surface area contributed by atoms with Crippen molar-refractivity contribution in [3.8, 4) is 0 Å². The predicted octanol–water partition coefficient (Wildman–Crippen LogP) is 0.0654. The highest BCUT2D eigenvalue weighted by molar-refractivity contribution is 8.14. The minimum Gasteiger partial charge on any atom is -0.394 e. The number of rotatable bonds is 9. The second-order valence-corrected chi connectivity index (χ2v) is 8.67. The van der Waals surface area contributed by atoms with Crippen molar-refractivity contribution < 1.29 is 42.4 Å². The van der Waals surface area contributed by atoms with E-state index in [1.54, 1.807) is 0 Å².